The highest BCUT2D eigenvalue weighted by Crippen LogP contribution is 2.16. The highest BCUT2D eigenvalue weighted by atomic mass is 35.5. The van der Waals surface area contributed by atoms with Gasteiger partial charge in [-0.2, -0.15) is 10.2 Å². The molecule has 0 spiro atoms. The van der Waals surface area contributed by atoms with Crippen molar-refractivity contribution in [3.8, 4) is 0 Å². The van der Waals surface area contributed by atoms with Gasteiger partial charge in [0.25, 0.3) is 5.56 Å². The monoisotopic (exact) mass is 279 g/mol. The topological polar surface area (TPSA) is 64.7 Å². The van der Waals surface area contributed by atoms with Gasteiger partial charge >= 0.3 is 0 Å². The molecule has 0 aliphatic heterocycles. The number of aryl methyl sites for hydroxylation is 1. The van der Waals surface area contributed by atoms with E-state index in [4.69, 9.17) is 11.6 Å². The quantitative estimate of drug-likeness (QED) is 0.841. The molecule has 2 aromatic rings. The maximum absolute atomic E-state index is 11.9. The Kier molecular flexibility index (Phi) is 4.01. The van der Waals surface area contributed by atoms with E-state index in [0.717, 1.165) is 5.69 Å². The van der Waals surface area contributed by atoms with Crippen molar-refractivity contribution in [2.75, 3.05) is 5.32 Å². The molecule has 0 aliphatic carbocycles. The van der Waals surface area contributed by atoms with Crippen molar-refractivity contribution < 1.29 is 0 Å². The summed E-state index contributed by atoms with van der Waals surface area (Å²) in [5, 5.41) is 11.3. The first kappa shape index (κ1) is 13.4. The standard InChI is InChI=1S/C12H14ClN5O/c1-3-6-18-12(19)11(13)10(8-16-18)14-7-9-4-5-15-17(9)2/h3-5,8,14H,1,6-7H2,2H3. The average Bonchev–Trinajstić information content (AvgIpc) is 2.80. The summed E-state index contributed by atoms with van der Waals surface area (Å²) in [4.78, 5) is 11.9. The molecule has 100 valence electrons. The minimum Gasteiger partial charge on any atom is -0.377 e. The molecule has 2 heterocycles. The van der Waals surface area contributed by atoms with Crippen LogP contribution < -0.4 is 10.9 Å². The van der Waals surface area contributed by atoms with Crippen LogP contribution in [0.2, 0.25) is 5.02 Å². The molecule has 1 N–H and O–H groups in total. The van der Waals surface area contributed by atoms with Gasteiger partial charge in [0.15, 0.2) is 0 Å². The Morgan fingerprint density at radius 2 is 2.32 bits per heavy atom. The summed E-state index contributed by atoms with van der Waals surface area (Å²) < 4.78 is 3.00. The lowest BCUT2D eigenvalue weighted by Crippen LogP contribution is -2.23. The van der Waals surface area contributed by atoms with E-state index in [1.54, 1.807) is 17.0 Å². The van der Waals surface area contributed by atoms with Crippen LogP contribution in [0.15, 0.2) is 35.9 Å². The van der Waals surface area contributed by atoms with E-state index < -0.39 is 0 Å². The average molecular weight is 280 g/mol. The molecule has 0 saturated heterocycles. The number of rotatable bonds is 5. The third-order valence-corrected chi connectivity index (χ3v) is 3.03. The highest BCUT2D eigenvalue weighted by Gasteiger charge is 2.08. The number of nitrogens with one attached hydrogen (secondary N) is 1. The largest absolute Gasteiger partial charge is 0.377 e. The van der Waals surface area contributed by atoms with Crippen molar-refractivity contribution in [1.82, 2.24) is 19.6 Å². The van der Waals surface area contributed by atoms with Crippen molar-refractivity contribution in [1.29, 1.82) is 0 Å². The van der Waals surface area contributed by atoms with Gasteiger partial charge in [0.1, 0.15) is 5.02 Å². The molecule has 2 aromatic heterocycles. The van der Waals surface area contributed by atoms with Gasteiger partial charge in [0, 0.05) is 13.2 Å². The Hall–Kier alpha value is -2.08. The highest BCUT2D eigenvalue weighted by molar-refractivity contribution is 6.32. The Labute approximate surface area is 115 Å². The molecular formula is C12H14ClN5O. The van der Waals surface area contributed by atoms with E-state index >= 15 is 0 Å². The van der Waals surface area contributed by atoms with Crippen LogP contribution in [0.25, 0.3) is 0 Å². The smallest absolute Gasteiger partial charge is 0.287 e. The number of anilines is 1. The van der Waals surface area contributed by atoms with Gasteiger partial charge in [-0.3, -0.25) is 9.48 Å². The molecule has 0 aliphatic rings. The zero-order chi connectivity index (χ0) is 13.8. The third-order valence-electron chi connectivity index (χ3n) is 2.67. The van der Waals surface area contributed by atoms with Crippen molar-refractivity contribution >= 4 is 17.3 Å². The first-order valence-corrected chi connectivity index (χ1v) is 6.08. The summed E-state index contributed by atoms with van der Waals surface area (Å²) in [5.74, 6) is 0. The van der Waals surface area contributed by atoms with E-state index in [-0.39, 0.29) is 10.6 Å². The Bertz CT molecular complexity index is 646. The van der Waals surface area contributed by atoms with Crippen molar-refractivity contribution in [2.45, 2.75) is 13.1 Å². The summed E-state index contributed by atoms with van der Waals surface area (Å²) in [6.45, 7) is 4.41. The molecule has 0 amide bonds. The summed E-state index contributed by atoms with van der Waals surface area (Å²) in [6.07, 6.45) is 4.83. The summed E-state index contributed by atoms with van der Waals surface area (Å²) >= 11 is 6.02. The maximum atomic E-state index is 11.9. The van der Waals surface area contributed by atoms with Crippen molar-refractivity contribution in [3.63, 3.8) is 0 Å². The lowest BCUT2D eigenvalue weighted by molar-refractivity contribution is 0.652. The van der Waals surface area contributed by atoms with Gasteiger partial charge < -0.3 is 5.32 Å². The second-order valence-electron chi connectivity index (χ2n) is 3.95. The van der Waals surface area contributed by atoms with Crippen LogP contribution in [0.4, 0.5) is 5.69 Å². The molecule has 0 radical (unpaired) electrons. The molecule has 0 fully saturated rings. The van der Waals surface area contributed by atoms with Crippen LogP contribution in [-0.4, -0.2) is 19.6 Å². The molecule has 19 heavy (non-hydrogen) atoms. The predicted molar refractivity (Wildman–Crippen MR) is 74.2 cm³/mol. The van der Waals surface area contributed by atoms with Crippen LogP contribution in [0.3, 0.4) is 0 Å². The van der Waals surface area contributed by atoms with Crippen LogP contribution in [-0.2, 0) is 20.1 Å². The molecule has 7 heteroatoms. The first-order valence-electron chi connectivity index (χ1n) is 5.70. The van der Waals surface area contributed by atoms with Gasteiger partial charge in [-0.15, -0.1) is 6.58 Å². The minimum atomic E-state index is -0.337. The number of nitrogens with zero attached hydrogens (tertiary/aromatic N) is 4. The number of hydrogen-bond acceptors (Lipinski definition) is 4. The Morgan fingerprint density at radius 3 is 2.95 bits per heavy atom. The fourth-order valence-corrected chi connectivity index (χ4v) is 1.81. The first-order chi connectivity index (χ1) is 9.13. The lowest BCUT2D eigenvalue weighted by atomic mass is 10.4. The van der Waals surface area contributed by atoms with E-state index in [2.05, 4.69) is 22.1 Å². The molecule has 0 saturated carbocycles. The molecule has 0 aromatic carbocycles. The fourth-order valence-electron chi connectivity index (χ4n) is 1.60. The minimum absolute atomic E-state index is 0.124. The number of allylic oxidation sites excluding steroid dienone is 1. The molecule has 2 rings (SSSR count). The van der Waals surface area contributed by atoms with Crippen molar-refractivity contribution in [2.24, 2.45) is 7.05 Å². The Balaban J connectivity index is 2.18. The van der Waals surface area contributed by atoms with Gasteiger partial charge in [-0.25, -0.2) is 4.68 Å². The lowest BCUT2D eigenvalue weighted by Gasteiger charge is -2.09. The molecule has 0 atom stereocenters. The zero-order valence-electron chi connectivity index (χ0n) is 10.5. The van der Waals surface area contributed by atoms with Crippen molar-refractivity contribution in [3.05, 3.63) is 52.2 Å². The molecule has 0 bridgehead atoms. The Morgan fingerprint density at radius 1 is 1.53 bits per heavy atom. The van der Waals surface area contributed by atoms with Crippen LogP contribution in [0, 0.1) is 0 Å². The number of halogens is 1. The van der Waals surface area contributed by atoms with E-state index in [1.165, 1.54) is 10.9 Å². The fraction of sp³-hybridized carbons (Fsp3) is 0.250. The van der Waals surface area contributed by atoms with Crippen LogP contribution in [0.1, 0.15) is 5.69 Å². The van der Waals surface area contributed by atoms with Crippen LogP contribution >= 0.6 is 11.6 Å². The maximum Gasteiger partial charge on any atom is 0.287 e. The zero-order valence-corrected chi connectivity index (χ0v) is 11.3. The van der Waals surface area contributed by atoms with Crippen LogP contribution in [0.5, 0.6) is 0 Å². The van der Waals surface area contributed by atoms with Gasteiger partial charge in [0.05, 0.1) is 30.7 Å². The summed E-state index contributed by atoms with van der Waals surface area (Å²) in [7, 11) is 1.85. The number of aromatic nitrogens is 4. The summed E-state index contributed by atoms with van der Waals surface area (Å²) in [5.41, 5.74) is 1.15. The van der Waals surface area contributed by atoms with E-state index in [0.29, 0.717) is 18.8 Å². The summed E-state index contributed by atoms with van der Waals surface area (Å²) in [6, 6.07) is 1.88. The molecule has 0 unspecified atom stereocenters. The SMILES string of the molecule is C=CCn1ncc(NCc2ccnn2C)c(Cl)c1=O. The van der Waals surface area contributed by atoms with Gasteiger partial charge in [0.2, 0.25) is 0 Å². The van der Waals surface area contributed by atoms with E-state index in [9.17, 15) is 4.79 Å². The predicted octanol–water partition coefficient (Wildman–Crippen LogP) is 1.43. The second-order valence-corrected chi connectivity index (χ2v) is 4.33. The third kappa shape index (κ3) is 2.85. The van der Waals surface area contributed by atoms with Gasteiger partial charge in [-0.1, -0.05) is 17.7 Å². The normalized spacial score (nSPS) is 10.4. The molecule has 6 nitrogen and oxygen atoms in total. The second kappa shape index (κ2) is 5.71. The van der Waals surface area contributed by atoms with Gasteiger partial charge in [-0.05, 0) is 6.07 Å². The molecular weight excluding hydrogens is 266 g/mol. The van der Waals surface area contributed by atoms with E-state index in [1.807, 2.05) is 13.1 Å². The number of hydrogen-bond donors (Lipinski definition) is 1.